The number of amides is 3. The maximum Gasteiger partial charge on any atom is 0.314 e. The number of carbonyl (C=O) groups is 2. The van der Waals surface area contributed by atoms with Crippen LogP contribution in [0.25, 0.3) is 11.1 Å². The van der Waals surface area contributed by atoms with Gasteiger partial charge in [0.1, 0.15) is 0 Å². The quantitative estimate of drug-likeness (QED) is 0.846. The first-order valence-electron chi connectivity index (χ1n) is 9.56. The Balaban J connectivity index is 1.60. The number of hydrogen-bond donors (Lipinski definition) is 2. The molecule has 0 heterocycles. The summed E-state index contributed by atoms with van der Waals surface area (Å²) in [4.78, 5) is 26.2. The van der Waals surface area contributed by atoms with E-state index in [0.717, 1.165) is 29.7 Å². The lowest BCUT2D eigenvalue weighted by molar-refractivity contribution is -0.121. The van der Waals surface area contributed by atoms with E-state index < -0.39 is 0 Å². The van der Waals surface area contributed by atoms with Gasteiger partial charge in [0.2, 0.25) is 5.91 Å². The molecule has 3 rings (SSSR count). The predicted molar refractivity (Wildman–Crippen MR) is 109 cm³/mol. The summed E-state index contributed by atoms with van der Waals surface area (Å²) < 4.78 is 0. The molecule has 2 aromatic carbocycles. The zero-order chi connectivity index (χ0) is 19.2. The summed E-state index contributed by atoms with van der Waals surface area (Å²) in [6, 6.07) is 18.2. The highest BCUT2D eigenvalue weighted by atomic mass is 16.2. The number of hydrogen-bond acceptors (Lipinski definition) is 2. The van der Waals surface area contributed by atoms with Gasteiger partial charge in [-0.1, -0.05) is 42.5 Å². The summed E-state index contributed by atoms with van der Waals surface area (Å²) in [5, 5.41) is 5.69. The Morgan fingerprint density at radius 1 is 1.00 bits per heavy atom. The predicted octanol–water partition coefficient (Wildman–Crippen LogP) is 3.80. The molecule has 2 N–H and O–H groups in total. The van der Waals surface area contributed by atoms with Crippen LogP contribution in [0.15, 0.2) is 54.6 Å². The molecule has 1 fully saturated rings. The molecule has 0 aromatic heterocycles. The van der Waals surface area contributed by atoms with Crippen molar-refractivity contribution in [3.63, 3.8) is 0 Å². The highest BCUT2D eigenvalue weighted by molar-refractivity contribution is 5.95. The largest absolute Gasteiger partial charge is 0.338 e. The number of urea groups is 1. The maximum atomic E-state index is 12.9. The van der Waals surface area contributed by atoms with E-state index in [1.54, 1.807) is 4.90 Å². The van der Waals surface area contributed by atoms with E-state index in [1.807, 2.05) is 56.4 Å². The number of rotatable bonds is 5. The second-order valence-corrected chi connectivity index (χ2v) is 7.02. The van der Waals surface area contributed by atoms with Crippen LogP contribution in [0.3, 0.4) is 0 Å². The molecule has 1 aliphatic carbocycles. The van der Waals surface area contributed by atoms with Gasteiger partial charge >= 0.3 is 6.03 Å². The molecule has 2 aromatic rings. The minimum absolute atomic E-state index is 0.0456. The topological polar surface area (TPSA) is 61.4 Å². The molecule has 142 valence electrons. The van der Waals surface area contributed by atoms with Crippen LogP contribution in [0.5, 0.6) is 0 Å². The molecular weight excluding hydrogens is 338 g/mol. The van der Waals surface area contributed by atoms with Gasteiger partial charge in [-0.2, -0.15) is 0 Å². The lowest BCUT2D eigenvalue weighted by Crippen LogP contribution is -2.41. The number of nitrogens with one attached hydrogen (secondary N) is 2. The molecular formula is C22H27N3O2. The van der Waals surface area contributed by atoms with Gasteiger partial charge in [0.25, 0.3) is 0 Å². The van der Waals surface area contributed by atoms with Crippen LogP contribution in [0.2, 0.25) is 0 Å². The molecule has 5 nitrogen and oxygen atoms in total. The van der Waals surface area contributed by atoms with Crippen molar-refractivity contribution >= 4 is 17.6 Å². The van der Waals surface area contributed by atoms with Crippen LogP contribution in [0.4, 0.5) is 10.5 Å². The van der Waals surface area contributed by atoms with E-state index in [9.17, 15) is 9.59 Å². The summed E-state index contributed by atoms with van der Waals surface area (Å²) in [6.07, 6.45) is 2.35. The summed E-state index contributed by atoms with van der Waals surface area (Å²) in [5.41, 5.74) is 3.18. The second kappa shape index (κ2) is 8.71. The van der Waals surface area contributed by atoms with Crippen molar-refractivity contribution in [2.24, 2.45) is 5.92 Å². The molecule has 0 bridgehead atoms. The Morgan fingerprint density at radius 3 is 2.33 bits per heavy atom. The minimum atomic E-state index is -0.152. The van der Waals surface area contributed by atoms with E-state index in [4.69, 9.17) is 0 Å². The second-order valence-electron chi connectivity index (χ2n) is 7.02. The van der Waals surface area contributed by atoms with Gasteiger partial charge in [-0.15, -0.1) is 0 Å². The van der Waals surface area contributed by atoms with Gasteiger partial charge in [0, 0.05) is 31.2 Å². The van der Waals surface area contributed by atoms with Crippen molar-refractivity contribution in [2.45, 2.75) is 32.2 Å². The summed E-state index contributed by atoms with van der Waals surface area (Å²) in [5.74, 6) is 0.0680. The van der Waals surface area contributed by atoms with Crippen molar-refractivity contribution in [1.29, 1.82) is 0 Å². The lowest BCUT2D eigenvalue weighted by Gasteiger charge is -2.22. The van der Waals surface area contributed by atoms with Gasteiger partial charge in [0.05, 0.1) is 0 Å². The number of anilines is 1. The monoisotopic (exact) mass is 365 g/mol. The molecule has 5 heteroatoms. The number of benzene rings is 2. The van der Waals surface area contributed by atoms with Crippen molar-refractivity contribution in [2.75, 3.05) is 18.5 Å². The summed E-state index contributed by atoms with van der Waals surface area (Å²) in [6.45, 7) is 2.49. The molecule has 27 heavy (non-hydrogen) atoms. The van der Waals surface area contributed by atoms with E-state index in [0.29, 0.717) is 13.0 Å². The Labute approximate surface area is 160 Å². The first kappa shape index (κ1) is 19.0. The fourth-order valence-corrected chi connectivity index (χ4v) is 3.64. The van der Waals surface area contributed by atoms with Crippen LogP contribution in [-0.4, -0.2) is 31.6 Å². The summed E-state index contributed by atoms with van der Waals surface area (Å²) in [7, 11) is 1.82. The van der Waals surface area contributed by atoms with Crippen LogP contribution in [0.1, 0.15) is 26.2 Å². The van der Waals surface area contributed by atoms with Crippen molar-refractivity contribution in [1.82, 2.24) is 10.6 Å². The van der Waals surface area contributed by atoms with Gasteiger partial charge in [-0.25, -0.2) is 4.79 Å². The van der Waals surface area contributed by atoms with Crippen molar-refractivity contribution in [3.8, 4) is 11.1 Å². The first-order valence-corrected chi connectivity index (χ1v) is 9.56. The molecule has 1 aliphatic rings. The molecule has 3 amide bonds. The van der Waals surface area contributed by atoms with Crippen molar-refractivity contribution in [3.05, 3.63) is 54.6 Å². The van der Waals surface area contributed by atoms with Gasteiger partial charge in [-0.3, -0.25) is 4.79 Å². The first-order chi connectivity index (χ1) is 13.1. The molecule has 0 spiro atoms. The normalized spacial score (nSPS) is 18.7. The Kier molecular flexibility index (Phi) is 6.12. The van der Waals surface area contributed by atoms with Crippen LogP contribution in [-0.2, 0) is 4.79 Å². The van der Waals surface area contributed by atoms with E-state index in [-0.39, 0.29) is 23.9 Å². The number of nitrogens with zero attached hydrogens (tertiary/aromatic N) is 1. The average Bonchev–Trinajstić information content (AvgIpc) is 3.16. The third kappa shape index (κ3) is 4.67. The molecule has 2 atom stereocenters. The lowest BCUT2D eigenvalue weighted by atomic mass is 10.0. The van der Waals surface area contributed by atoms with Gasteiger partial charge < -0.3 is 15.5 Å². The third-order valence-corrected chi connectivity index (χ3v) is 5.15. The highest BCUT2D eigenvalue weighted by Crippen LogP contribution is 2.29. The van der Waals surface area contributed by atoms with Gasteiger partial charge in [-0.05, 0) is 49.4 Å². The molecule has 0 saturated heterocycles. The van der Waals surface area contributed by atoms with Crippen LogP contribution < -0.4 is 15.5 Å². The molecule has 0 unspecified atom stereocenters. The standard InChI is InChI=1S/C22H27N3O2/c1-3-23-22(27)24-19-12-9-18(15-19)21(26)25(2)20-13-10-17(11-14-20)16-7-5-4-6-8-16/h4-8,10-11,13-14,18-19H,3,9,12,15H2,1-2H3,(H2,23,24,27)/t18-,19+/m1/s1. The zero-order valence-electron chi connectivity index (χ0n) is 15.9. The molecule has 1 saturated carbocycles. The van der Waals surface area contributed by atoms with Gasteiger partial charge in [0.15, 0.2) is 0 Å². The van der Waals surface area contributed by atoms with E-state index in [1.165, 1.54) is 0 Å². The SMILES string of the molecule is CCNC(=O)N[C@H]1CC[C@@H](C(=O)N(C)c2ccc(-c3ccccc3)cc2)C1. The zero-order valence-corrected chi connectivity index (χ0v) is 15.9. The van der Waals surface area contributed by atoms with E-state index in [2.05, 4.69) is 22.8 Å². The third-order valence-electron chi connectivity index (χ3n) is 5.15. The highest BCUT2D eigenvalue weighted by Gasteiger charge is 2.32. The Hall–Kier alpha value is -2.82. The average molecular weight is 365 g/mol. The minimum Gasteiger partial charge on any atom is -0.338 e. The fraction of sp³-hybridized carbons (Fsp3) is 0.364. The Morgan fingerprint density at radius 2 is 1.67 bits per heavy atom. The van der Waals surface area contributed by atoms with Crippen LogP contribution in [0, 0.1) is 5.92 Å². The fourth-order valence-electron chi connectivity index (χ4n) is 3.64. The van der Waals surface area contributed by atoms with Crippen LogP contribution >= 0.6 is 0 Å². The van der Waals surface area contributed by atoms with Crippen molar-refractivity contribution < 1.29 is 9.59 Å². The Bertz CT molecular complexity index is 774. The number of carbonyl (C=O) groups excluding carboxylic acids is 2. The summed E-state index contributed by atoms with van der Waals surface area (Å²) >= 11 is 0. The molecule has 0 aliphatic heterocycles. The maximum absolute atomic E-state index is 12.9. The smallest absolute Gasteiger partial charge is 0.314 e. The van der Waals surface area contributed by atoms with E-state index >= 15 is 0 Å². The molecule has 0 radical (unpaired) electrons.